The molecule has 2 amide bonds. The molecule has 0 saturated carbocycles. The zero-order valence-electron chi connectivity index (χ0n) is 20.0. The molecule has 4 aromatic heterocycles. The maximum absolute atomic E-state index is 12.4. The summed E-state index contributed by atoms with van der Waals surface area (Å²) in [5.41, 5.74) is 3.32. The molecule has 9 nitrogen and oxygen atoms in total. The largest absolute Gasteiger partial charge is 0.359 e. The number of carbonyl (C=O) groups excluding carboxylic acids is 1. The minimum Gasteiger partial charge on any atom is -0.359 e. The average molecular weight is 508 g/mol. The van der Waals surface area contributed by atoms with Crippen LogP contribution in [0.1, 0.15) is 26.5 Å². The Kier molecular flexibility index (Phi) is 5.89. The number of imidazole rings is 1. The Morgan fingerprint density at radius 1 is 1.11 bits per heavy atom. The van der Waals surface area contributed by atoms with Crippen LogP contribution < -0.4 is 14.9 Å². The van der Waals surface area contributed by atoms with E-state index in [1.54, 1.807) is 29.4 Å². The summed E-state index contributed by atoms with van der Waals surface area (Å²) in [5.74, 6) is 1.99. The molecule has 4 heterocycles. The maximum atomic E-state index is 12.4. The van der Waals surface area contributed by atoms with Crippen molar-refractivity contribution in [3.05, 3.63) is 54.4 Å². The number of urea groups is 1. The van der Waals surface area contributed by atoms with E-state index in [2.05, 4.69) is 26.3 Å². The Bertz CT molecular complexity index is 1510. The van der Waals surface area contributed by atoms with Crippen LogP contribution in [0.4, 0.5) is 22.1 Å². The van der Waals surface area contributed by atoms with Gasteiger partial charge in [-0.05, 0) is 24.3 Å². The number of hydrogen-bond acceptors (Lipinski definition) is 8. The third-order valence-electron chi connectivity index (χ3n) is 5.47. The SMILES string of the molecule is CSN(C)c1ccc2c(n1)sc1nc(-c3ccc(NC(=O)Nc4cc(C(C)(C)C)on4)cc3)cn12. The van der Waals surface area contributed by atoms with Crippen molar-refractivity contribution in [3.8, 4) is 11.3 Å². The van der Waals surface area contributed by atoms with Gasteiger partial charge in [0.15, 0.2) is 10.8 Å². The molecule has 0 fully saturated rings. The summed E-state index contributed by atoms with van der Waals surface area (Å²) in [6.45, 7) is 6.05. The first-order chi connectivity index (χ1) is 16.7. The van der Waals surface area contributed by atoms with Crippen LogP contribution in [0.25, 0.3) is 26.6 Å². The van der Waals surface area contributed by atoms with Gasteiger partial charge in [-0.25, -0.2) is 14.8 Å². The van der Waals surface area contributed by atoms with Crippen LogP contribution in [-0.2, 0) is 5.41 Å². The zero-order valence-corrected chi connectivity index (χ0v) is 21.6. The highest BCUT2D eigenvalue weighted by Crippen LogP contribution is 2.31. The molecule has 5 rings (SSSR count). The minimum absolute atomic E-state index is 0.183. The Labute approximate surface area is 210 Å². The molecule has 35 heavy (non-hydrogen) atoms. The number of anilines is 3. The molecule has 0 radical (unpaired) electrons. The van der Waals surface area contributed by atoms with E-state index in [4.69, 9.17) is 14.5 Å². The van der Waals surface area contributed by atoms with Crippen molar-refractivity contribution in [2.75, 3.05) is 28.2 Å². The molecule has 180 valence electrons. The molecule has 0 aliphatic heterocycles. The van der Waals surface area contributed by atoms with E-state index in [0.29, 0.717) is 17.3 Å². The summed E-state index contributed by atoms with van der Waals surface area (Å²) >= 11 is 3.18. The highest BCUT2D eigenvalue weighted by molar-refractivity contribution is 7.99. The van der Waals surface area contributed by atoms with Gasteiger partial charge in [0.1, 0.15) is 16.4 Å². The average Bonchev–Trinajstić information content (AvgIpc) is 3.53. The number of thiazole rings is 1. The molecule has 0 aliphatic rings. The number of carbonyl (C=O) groups is 1. The van der Waals surface area contributed by atoms with Gasteiger partial charge >= 0.3 is 6.03 Å². The second kappa shape index (κ2) is 8.90. The lowest BCUT2D eigenvalue weighted by Gasteiger charge is -2.13. The normalized spacial score (nSPS) is 11.8. The van der Waals surface area contributed by atoms with Crippen LogP contribution in [0, 0.1) is 0 Å². The smallest absolute Gasteiger partial charge is 0.324 e. The molecule has 2 N–H and O–H groups in total. The van der Waals surface area contributed by atoms with Gasteiger partial charge in [0.25, 0.3) is 0 Å². The van der Waals surface area contributed by atoms with Crippen LogP contribution in [-0.4, -0.2) is 38.9 Å². The summed E-state index contributed by atoms with van der Waals surface area (Å²) in [6, 6.07) is 13.0. The minimum atomic E-state index is -0.389. The molecule has 11 heteroatoms. The molecule has 0 atom stereocenters. The summed E-state index contributed by atoms with van der Waals surface area (Å²) in [5, 5.41) is 9.42. The van der Waals surface area contributed by atoms with Crippen LogP contribution in [0.15, 0.2) is 53.2 Å². The third-order valence-corrected chi connectivity index (χ3v) is 7.17. The first-order valence-corrected chi connectivity index (χ1v) is 12.9. The summed E-state index contributed by atoms with van der Waals surface area (Å²) in [6.07, 6.45) is 4.03. The first kappa shape index (κ1) is 23.2. The third kappa shape index (κ3) is 4.69. The van der Waals surface area contributed by atoms with Gasteiger partial charge in [-0.2, -0.15) is 0 Å². The van der Waals surface area contributed by atoms with Crippen molar-refractivity contribution >= 4 is 61.9 Å². The topological polar surface area (TPSA) is 101 Å². The van der Waals surface area contributed by atoms with Crippen molar-refractivity contribution < 1.29 is 9.32 Å². The predicted octanol–water partition coefficient (Wildman–Crippen LogP) is 6.25. The highest BCUT2D eigenvalue weighted by atomic mass is 32.2. The van der Waals surface area contributed by atoms with Gasteiger partial charge in [-0.3, -0.25) is 9.72 Å². The first-order valence-electron chi connectivity index (χ1n) is 10.9. The van der Waals surface area contributed by atoms with Gasteiger partial charge in [0, 0.05) is 42.2 Å². The fourth-order valence-corrected chi connectivity index (χ4v) is 4.74. The number of aromatic nitrogens is 4. The fraction of sp³-hybridized carbons (Fsp3) is 0.250. The number of rotatable bonds is 5. The van der Waals surface area contributed by atoms with Crippen molar-refractivity contribution in [1.29, 1.82) is 0 Å². The van der Waals surface area contributed by atoms with E-state index in [1.165, 1.54) is 0 Å². The second-order valence-electron chi connectivity index (χ2n) is 9.04. The maximum Gasteiger partial charge on any atom is 0.324 e. The molecule has 0 aliphatic carbocycles. The zero-order chi connectivity index (χ0) is 24.7. The van der Waals surface area contributed by atoms with Gasteiger partial charge in [0.2, 0.25) is 0 Å². The summed E-state index contributed by atoms with van der Waals surface area (Å²) in [7, 11) is 2.00. The molecular weight excluding hydrogens is 482 g/mol. The fourth-order valence-electron chi connectivity index (χ4n) is 3.47. The Morgan fingerprint density at radius 2 is 1.89 bits per heavy atom. The molecule has 1 aromatic carbocycles. The number of nitrogens with zero attached hydrogens (tertiary/aromatic N) is 5. The number of benzene rings is 1. The van der Waals surface area contributed by atoms with E-state index in [9.17, 15) is 4.79 Å². The number of amides is 2. The van der Waals surface area contributed by atoms with Crippen LogP contribution in [0.2, 0.25) is 0 Å². The molecule has 0 saturated heterocycles. The summed E-state index contributed by atoms with van der Waals surface area (Å²) < 4.78 is 9.39. The van der Waals surface area contributed by atoms with Gasteiger partial charge < -0.3 is 14.1 Å². The molecular formula is C24H25N7O2S2. The van der Waals surface area contributed by atoms with E-state index in [0.717, 1.165) is 32.4 Å². The van der Waals surface area contributed by atoms with E-state index in [1.807, 2.05) is 74.9 Å². The molecule has 0 bridgehead atoms. The Hall–Kier alpha value is -3.57. The lowest BCUT2D eigenvalue weighted by molar-refractivity contribution is 0.262. The van der Waals surface area contributed by atoms with Gasteiger partial charge in [0.05, 0.1) is 11.2 Å². The molecule has 0 unspecified atom stereocenters. The van der Waals surface area contributed by atoms with Crippen LogP contribution >= 0.6 is 23.3 Å². The van der Waals surface area contributed by atoms with Crippen LogP contribution in [0.3, 0.4) is 0 Å². The van der Waals surface area contributed by atoms with Crippen molar-refractivity contribution in [3.63, 3.8) is 0 Å². The summed E-state index contributed by atoms with van der Waals surface area (Å²) in [4.78, 5) is 23.7. The van der Waals surface area contributed by atoms with Crippen molar-refractivity contribution in [1.82, 2.24) is 19.5 Å². The van der Waals surface area contributed by atoms with E-state index >= 15 is 0 Å². The second-order valence-corrected chi connectivity index (χ2v) is 10.9. The van der Waals surface area contributed by atoms with Gasteiger partial charge in [-0.1, -0.05) is 61.3 Å². The standard InChI is InChI=1S/C24H25N7O2S2/c1-24(2,3)18-12-19(29-33-18)27-22(32)25-15-8-6-14(7-9-15)16-13-31-17-10-11-20(30(4)34-5)28-21(17)35-23(31)26-16/h6-13H,1-5H3,(H2,25,27,29,32). The Morgan fingerprint density at radius 3 is 2.57 bits per heavy atom. The lowest BCUT2D eigenvalue weighted by atomic mass is 9.93. The van der Waals surface area contributed by atoms with Gasteiger partial charge in [-0.15, -0.1) is 0 Å². The van der Waals surface area contributed by atoms with Crippen molar-refractivity contribution in [2.45, 2.75) is 26.2 Å². The number of nitrogens with one attached hydrogen (secondary N) is 2. The number of pyridine rings is 1. The van der Waals surface area contributed by atoms with Crippen LogP contribution in [0.5, 0.6) is 0 Å². The van der Waals surface area contributed by atoms with E-state index in [-0.39, 0.29) is 11.4 Å². The molecule has 0 spiro atoms. The van der Waals surface area contributed by atoms with Crippen molar-refractivity contribution in [2.24, 2.45) is 0 Å². The predicted molar refractivity (Wildman–Crippen MR) is 144 cm³/mol. The highest BCUT2D eigenvalue weighted by Gasteiger charge is 2.20. The number of fused-ring (bicyclic) bond motifs is 3. The monoisotopic (exact) mass is 507 g/mol. The number of hydrogen-bond donors (Lipinski definition) is 2. The quantitative estimate of drug-likeness (QED) is 0.271. The Balaban J connectivity index is 1.29. The van der Waals surface area contributed by atoms with E-state index < -0.39 is 0 Å². The molecule has 5 aromatic rings. The lowest BCUT2D eigenvalue weighted by Crippen LogP contribution is -2.19.